The summed E-state index contributed by atoms with van der Waals surface area (Å²) in [7, 11) is 7.17. The van der Waals surface area contributed by atoms with Crippen LogP contribution in [0.15, 0.2) is 60.9 Å². The minimum atomic E-state index is -0.359. The number of rotatable bonds is 10. The summed E-state index contributed by atoms with van der Waals surface area (Å²) in [5.74, 6) is 2.47. The number of nitrogens with one attached hydrogen (secondary N) is 3. The molecule has 0 saturated heterocycles. The third-order valence-corrected chi connectivity index (χ3v) is 6.85. The third kappa shape index (κ3) is 6.30. The number of anilines is 4. The number of carbonyl (C=O) groups is 1. The van der Waals surface area contributed by atoms with E-state index in [0.717, 1.165) is 22.1 Å². The number of benzene rings is 3. The van der Waals surface area contributed by atoms with Crippen molar-refractivity contribution in [1.29, 1.82) is 0 Å². The Balaban J connectivity index is 1.32. The van der Waals surface area contributed by atoms with Crippen LogP contribution < -0.4 is 30.2 Å². The summed E-state index contributed by atoms with van der Waals surface area (Å²) in [5.41, 5.74) is 2.77. The van der Waals surface area contributed by atoms with E-state index >= 15 is 0 Å². The SMILES string of the molecule is COc1cccc(NC(=O)Nc2ccc3nc(Nc4ncnc5cc(OCCN(C)C)c(OC)cc45)sc3c2)c1. The van der Waals surface area contributed by atoms with E-state index in [0.29, 0.717) is 51.7 Å². The lowest BCUT2D eigenvalue weighted by Gasteiger charge is -2.15. The van der Waals surface area contributed by atoms with Gasteiger partial charge in [0.2, 0.25) is 0 Å². The van der Waals surface area contributed by atoms with Crippen LogP contribution in [0.3, 0.4) is 0 Å². The second-order valence-electron chi connectivity index (χ2n) is 9.03. The molecule has 0 aliphatic carbocycles. The van der Waals surface area contributed by atoms with E-state index in [2.05, 4.69) is 30.9 Å². The molecule has 5 rings (SSSR count). The summed E-state index contributed by atoms with van der Waals surface area (Å²) in [4.78, 5) is 28.1. The maximum absolute atomic E-state index is 12.5. The van der Waals surface area contributed by atoms with Crippen molar-refractivity contribution in [3.05, 3.63) is 60.9 Å². The van der Waals surface area contributed by atoms with Crippen molar-refractivity contribution in [3.8, 4) is 17.2 Å². The average Bonchev–Trinajstić information content (AvgIpc) is 3.34. The first kappa shape index (κ1) is 26.9. The Morgan fingerprint density at radius 3 is 2.52 bits per heavy atom. The number of fused-ring (bicyclic) bond motifs is 2. The van der Waals surface area contributed by atoms with Gasteiger partial charge in [0.05, 0.1) is 30.0 Å². The molecular weight excluding hydrogens is 530 g/mol. The molecule has 2 aromatic heterocycles. The first-order valence-corrected chi connectivity index (χ1v) is 13.2. The minimum Gasteiger partial charge on any atom is -0.497 e. The number of hydrogen-bond donors (Lipinski definition) is 3. The fourth-order valence-corrected chi connectivity index (χ4v) is 4.83. The van der Waals surface area contributed by atoms with Gasteiger partial charge in [-0.2, -0.15) is 0 Å². The molecule has 0 saturated carbocycles. The summed E-state index contributed by atoms with van der Waals surface area (Å²) in [5, 5.41) is 10.4. The molecule has 0 spiro atoms. The molecule has 3 N–H and O–H groups in total. The molecule has 3 aromatic carbocycles. The summed E-state index contributed by atoms with van der Waals surface area (Å²) in [6, 6.07) is 16.0. The summed E-state index contributed by atoms with van der Waals surface area (Å²) in [6.07, 6.45) is 1.50. The van der Waals surface area contributed by atoms with E-state index in [-0.39, 0.29) is 6.03 Å². The molecule has 0 fully saturated rings. The zero-order chi connectivity index (χ0) is 28.1. The van der Waals surface area contributed by atoms with Gasteiger partial charge in [0.25, 0.3) is 0 Å². The van der Waals surface area contributed by atoms with Gasteiger partial charge in [-0.3, -0.25) is 0 Å². The van der Waals surface area contributed by atoms with Crippen molar-refractivity contribution in [3.63, 3.8) is 0 Å². The standard InChI is InChI=1S/C28H29N7O4S/c1-35(2)10-11-39-24-15-22-20(14-23(24)38-4)26(30-16-29-22)34-28-33-21-9-8-18(13-25(21)40-28)32-27(36)31-17-6-5-7-19(12-17)37-3/h5-9,12-16H,10-11H2,1-4H3,(H2,31,32,36)(H,29,30,33,34). The van der Waals surface area contributed by atoms with Crippen LogP contribution in [0.5, 0.6) is 17.2 Å². The van der Waals surface area contributed by atoms with Gasteiger partial charge < -0.3 is 35.1 Å². The summed E-state index contributed by atoms with van der Waals surface area (Å²) in [6.45, 7) is 1.30. The largest absolute Gasteiger partial charge is 0.497 e. The average molecular weight is 560 g/mol. The lowest BCUT2D eigenvalue weighted by atomic mass is 10.2. The van der Waals surface area contributed by atoms with Gasteiger partial charge in [-0.05, 0) is 50.5 Å². The third-order valence-electron chi connectivity index (χ3n) is 5.92. The molecule has 40 heavy (non-hydrogen) atoms. The molecule has 0 aliphatic rings. The monoisotopic (exact) mass is 559 g/mol. The maximum atomic E-state index is 12.5. The van der Waals surface area contributed by atoms with Gasteiger partial charge >= 0.3 is 6.03 Å². The van der Waals surface area contributed by atoms with E-state index in [1.165, 1.54) is 17.7 Å². The van der Waals surface area contributed by atoms with Crippen molar-refractivity contribution in [2.24, 2.45) is 0 Å². The van der Waals surface area contributed by atoms with Crippen LogP contribution in [0.4, 0.5) is 27.1 Å². The summed E-state index contributed by atoms with van der Waals surface area (Å²) < 4.78 is 17.6. The van der Waals surface area contributed by atoms with E-state index in [4.69, 9.17) is 14.2 Å². The van der Waals surface area contributed by atoms with Crippen LogP contribution in [-0.4, -0.2) is 67.3 Å². The van der Waals surface area contributed by atoms with Crippen LogP contribution in [-0.2, 0) is 0 Å². The number of amides is 2. The molecule has 12 heteroatoms. The lowest BCUT2D eigenvalue weighted by Crippen LogP contribution is -2.19. The highest BCUT2D eigenvalue weighted by Crippen LogP contribution is 2.36. The predicted molar refractivity (Wildman–Crippen MR) is 159 cm³/mol. The Labute approximate surface area is 235 Å². The van der Waals surface area contributed by atoms with Crippen LogP contribution in [0.2, 0.25) is 0 Å². The van der Waals surface area contributed by atoms with Gasteiger partial charge in [0.1, 0.15) is 24.5 Å². The van der Waals surface area contributed by atoms with E-state index < -0.39 is 0 Å². The normalized spacial score (nSPS) is 11.0. The second-order valence-corrected chi connectivity index (χ2v) is 10.1. The minimum absolute atomic E-state index is 0.359. The fraction of sp³-hybridized carbons (Fsp3) is 0.214. The molecule has 2 heterocycles. The first-order chi connectivity index (χ1) is 19.4. The lowest BCUT2D eigenvalue weighted by molar-refractivity contribution is 0.251. The quantitative estimate of drug-likeness (QED) is 0.201. The number of carbonyl (C=O) groups excluding carboxylic acids is 1. The van der Waals surface area contributed by atoms with E-state index in [1.807, 2.05) is 55.4 Å². The number of urea groups is 1. The molecule has 11 nitrogen and oxygen atoms in total. The number of ether oxygens (including phenoxy) is 3. The molecule has 0 aliphatic heterocycles. The van der Waals surface area contributed by atoms with Gasteiger partial charge in [0.15, 0.2) is 16.6 Å². The van der Waals surface area contributed by atoms with Crippen LogP contribution in [0, 0.1) is 0 Å². The number of nitrogens with zero attached hydrogens (tertiary/aromatic N) is 4. The van der Waals surface area contributed by atoms with E-state index in [9.17, 15) is 4.79 Å². The topological polar surface area (TPSA) is 123 Å². The number of likely N-dealkylation sites (N-methyl/N-ethyl adjacent to an activating group) is 1. The Morgan fingerprint density at radius 2 is 1.75 bits per heavy atom. The molecule has 0 radical (unpaired) electrons. The Morgan fingerprint density at radius 1 is 0.925 bits per heavy atom. The highest BCUT2D eigenvalue weighted by atomic mass is 32.1. The van der Waals surface area contributed by atoms with Crippen molar-refractivity contribution in [2.45, 2.75) is 0 Å². The van der Waals surface area contributed by atoms with E-state index in [1.54, 1.807) is 32.4 Å². The number of methoxy groups -OCH3 is 2. The van der Waals surface area contributed by atoms with Crippen LogP contribution in [0.25, 0.3) is 21.1 Å². The Hall–Kier alpha value is -4.68. The van der Waals surface area contributed by atoms with Crippen molar-refractivity contribution < 1.29 is 19.0 Å². The molecular formula is C28H29N7O4S. The highest BCUT2D eigenvalue weighted by Gasteiger charge is 2.14. The van der Waals surface area contributed by atoms with Crippen molar-refractivity contribution >= 4 is 60.8 Å². The smallest absolute Gasteiger partial charge is 0.323 e. The Bertz CT molecular complexity index is 1660. The summed E-state index contributed by atoms with van der Waals surface area (Å²) >= 11 is 1.45. The number of aromatic nitrogens is 3. The van der Waals surface area contributed by atoms with Crippen LogP contribution >= 0.6 is 11.3 Å². The number of thiazole rings is 1. The maximum Gasteiger partial charge on any atom is 0.323 e. The van der Waals surface area contributed by atoms with Gasteiger partial charge in [0, 0.05) is 35.4 Å². The van der Waals surface area contributed by atoms with Gasteiger partial charge in [-0.15, -0.1) is 0 Å². The highest BCUT2D eigenvalue weighted by molar-refractivity contribution is 7.22. The second kappa shape index (κ2) is 12.0. The van der Waals surface area contributed by atoms with Gasteiger partial charge in [-0.25, -0.2) is 19.7 Å². The predicted octanol–water partition coefficient (Wildman–Crippen LogP) is 5.58. The zero-order valence-corrected chi connectivity index (χ0v) is 23.3. The molecule has 0 bridgehead atoms. The molecule has 5 aromatic rings. The molecule has 2 amide bonds. The number of hydrogen-bond acceptors (Lipinski definition) is 10. The molecule has 0 unspecified atom stereocenters. The van der Waals surface area contributed by atoms with Crippen molar-refractivity contribution in [1.82, 2.24) is 19.9 Å². The van der Waals surface area contributed by atoms with Gasteiger partial charge in [-0.1, -0.05) is 17.4 Å². The molecule has 0 atom stereocenters. The van der Waals surface area contributed by atoms with Crippen LogP contribution in [0.1, 0.15) is 0 Å². The Kier molecular flexibility index (Phi) is 8.08. The van der Waals surface area contributed by atoms with Crippen molar-refractivity contribution in [2.75, 3.05) is 57.4 Å². The molecule has 206 valence electrons. The first-order valence-electron chi connectivity index (χ1n) is 12.4. The fourth-order valence-electron chi connectivity index (χ4n) is 3.93. The zero-order valence-electron chi connectivity index (χ0n) is 22.5.